The number of hydrogen-bond donors (Lipinski definition) is 2. The van der Waals surface area contributed by atoms with Gasteiger partial charge in [0.25, 0.3) is 0 Å². The van der Waals surface area contributed by atoms with Crippen molar-refractivity contribution in [3.63, 3.8) is 0 Å². The van der Waals surface area contributed by atoms with Crippen LogP contribution in [-0.4, -0.2) is 35.1 Å². The molecular weight excluding hydrogens is 322 g/mol. The fraction of sp³-hybridized carbons (Fsp3) is 0.389. The van der Waals surface area contributed by atoms with Crippen molar-refractivity contribution in [3.05, 3.63) is 27.1 Å². The van der Waals surface area contributed by atoms with Crippen molar-refractivity contribution in [1.29, 1.82) is 0 Å². The van der Waals surface area contributed by atoms with Crippen LogP contribution in [0.5, 0.6) is 5.75 Å². The lowest BCUT2D eigenvalue weighted by Crippen LogP contribution is -2.63. The molecule has 0 radical (unpaired) electrons. The van der Waals surface area contributed by atoms with Gasteiger partial charge in [-0.3, -0.25) is 9.79 Å². The molecule has 6 aliphatic rings. The lowest BCUT2D eigenvalue weighted by Gasteiger charge is -2.42. The fourth-order valence-electron chi connectivity index (χ4n) is 5.66. The van der Waals surface area contributed by atoms with Gasteiger partial charge in [-0.1, -0.05) is 0 Å². The number of rotatable bonds is 0. The van der Waals surface area contributed by atoms with Crippen molar-refractivity contribution in [2.75, 3.05) is 11.9 Å². The quantitative estimate of drug-likeness (QED) is 0.536. The van der Waals surface area contributed by atoms with Gasteiger partial charge >= 0.3 is 0 Å². The van der Waals surface area contributed by atoms with E-state index in [0.29, 0.717) is 5.69 Å². The number of aromatic hydroxyl groups is 1. The first kappa shape index (κ1) is 12.3. The molecule has 0 aromatic heterocycles. The van der Waals surface area contributed by atoms with E-state index in [1.807, 2.05) is 12.3 Å². The highest BCUT2D eigenvalue weighted by atomic mass is 32.2. The second-order valence-electron chi connectivity index (χ2n) is 7.57. The monoisotopic (exact) mass is 336 g/mol. The number of aliphatic imine (C=N–C) groups is 1. The highest BCUT2D eigenvalue weighted by molar-refractivity contribution is 8.04. The molecule has 1 spiro atoms. The van der Waals surface area contributed by atoms with Crippen molar-refractivity contribution in [1.82, 2.24) is 4.58 Å². The lowest BCUT2D eigenvalue weighted by molar-refractivity contribution is -0.118. The molecule has 6 heteroatoms. The molecule has 1 saturated heterocycles. The first-order valence-corrected chi connectivity index (χ1v) is 9.35. The van der Waals surface area contributed by atoms with E-state index in [2.05, 4.69) is 14.9 Å². The number of phenols is 1. The summed E-state index contributed by atoms with van der Waals surface area (Å²) in [4.78, 5) is 18.5. The van der Waals surface area contributed by atoms with E-state index in [1.54, 1.807) is 11.8 Å². The van der Waals surface area contributed by atoms with E-state index in [4.69, 9.17) is 0 Å². The Hall–Kier alpha value is -2.08. The molecule has 2 N–H and O–H groups in total. The third-order valence-electron chi connectivity index (χ3n) is 6.58. The van der Waals surface area contributed by atoms with Crippen molar-refractivity contribution in [2.24, 2.45) is 4.99 Å². The van der Waals surface area contributed by atoms with Crippen LogP contribution in [0.25, 0.3) is 5.57 Å². The summed E-state index contributed by atoms with van der Waals surface area (Å²) in [6, 6.07) is -0.0534. The van der Waals surface area contributed by atoms with Gasteiger partial charge in [0.1, 0.15) is 12.2 Å². The summed E-state index contributed by atoms with van der Waals surface area (Å²) >= 11 is 1.77. The van der Waals surface area contributed by atoms with Gasteiger partial charge < -0.3 is 10.4 Å². The molecule has 3 atom stereocenters. The van der Waals surface area contributed by atoms with E-state index in [-0.39, 0.29) is 28.4 Å². The summed E-state index contributed by atoms with van der Waals surface area (Å²) < 4.78 is 2.29. The Kier molecular flexibility index (Phi) is 1.78. The Morgan fingerprint density at radius 1 is 1.42 bits per heavy atom. The topological polar surface area (TPSA) is 64.7 Å². The van der Waals surface area contributed by atoms with E-state index < -0.39 is 0 Å². The van der Waals surface area contributed by atoms with Gasteiger partial charge in [0.15, 0.2) is 5.75 Å². The van der Waals surface area contributed by atoms with Gasteiger partial charge in [-0.2, -0.15) is 0 Å². The molecule has 3 bridgehead atoms. The van der Waals surface area contributed by atoms with Crippen molar-refractivity contribution in [2.45, 2.75) is 36.1 Å². The van der Waals surface area contributed by atoms with E-state index >= 15 is 0 Å². The average Bonchev–Trinajstić information content (AvgIpc) is 3.11. The predicted molar refractivity (Wildman–Crippen MR) is 92.4 cm³/mol. The summed E-state index contributed by atoms with van der Waals surface area (Å²) in [6.07, 6.45) is 6.54. The normalized spacial score (nSPS) is 35.3. The minimum Gasteiger partial charge on any atom is -0.504 e. The Labute approximate surface area is 141 Å². The van der Waals surface area contributed by atoms with Crippen LogP contribution in [0.15, 0.2) is 16.0 Å². The van der Waals surface area contributed by atoms with Crippen molar-refractivity contribution >= 4 is 40.7 Å². The summed E-state index contributed by atoms with van der Waals surface area (Å²) in [6.45, 7) is 0.858. The van der Waals surface area contributed by atoms with Gasteiger partial charge in [0.05, 0.1) is 21.8 Å². The molecule has 118 valence electrons. The molecule has 1 unspecified atom stereocenters. The summed E-state index contributed by atoms with van der Waals surface area (Å²) in [5.74, 6) is 0.533. The predicted octanol–water partition coefficient (Wildman–Crippen LogP) is 0.519. The number of phenolic OH excluding ortho intramolecular Hbond substituents is 1. The second-order valence-corrected chi connectivity index (χ2v) is 8.81. The molecular formula is C18H14N3O2S+. The molecule has 5 aliphatic heterocycles. The van der Waals surface area contributed by atoms with Crippen LogP contribution in [-0.2, 0) is 10.2 Å². The molecule has 1 aromatic rings. The Morgan fingerprint density at radius 2 is 2.33 bits per heavy atom. The molecule has 1 fully saturated rings. The van der Waals surface area contributed by atoms with Crippen molar-refractivity contribution in [3.8, 4) is 5.75 Å². The zero-order valence-corrected chi connectivity index (χ0v) is 13.6. The highest BCUT2D eigenvalue weighted by Gasteiger charge is 2.61. The number of nitrogens with zero attached hydrogens (tertiary/aromatic N) is 2. The smallest absolute Gasteiger partial charge is 0.223 e. The zero-order valence-electron chi connectivity index (χ0n) is 12.8. The van der Waals surface area contributed by atoms with Crippen LogP contribution in [0.1, 0.15) is 24.8 Å². The van der Waals surface area contributed by atoms with Gasteiger partial charge in [0, 0.05) is 29.4 Å². The number of thioether (sulfide) groups is 1. The van der Waals surface area contributed by atoms with Crippen LogP contribution in [0, 0.1) is 0 Å². The van der Waals surface area contributed by atoms with Gasteiger partial charge in [-0.25, -0.2) is 4.58 Å². The Balaban J connectivity index is 1.81. The second kappa shape index (κ2) is 3.47. The average molecular weight is 336 g/mol. The molecule has 7 rings (SSSR count). The van der Waals surface area contributed by atoms with Crippen LogP contribution in [0.2, 0.25) is 0 Å². The molecule has 0 saturated carbocycles. The largest absolute Gasteiger partial charge is 0.504 e. The molecule has 24 heavy (non-hydrogen) atoms. The number of benzene rings is 1. The first-order chi connectivity index (χ1) is 11.7. The third-order valence-corrected chi connectivity index (χ3v) is 7.91. The minimum atomic E-state index is -0.0854. The van der Waals surface area contributed by atoms with E-state index in [9.17, 15) is 9.90 Å². The van der Waals surface area contributed by atoms with Gasteiger partial charge in [-0.05, 0) is 18.1 Å². The number of allylic oxidation sites excluding steroid dienone is 1. The number of carbonyl (C=O) groups is 1. The molecule has 5 nitrogen and oxygen atoms in total. The van der Waals surface area contributed by atoms with E-state index in [1.165, 1.54) is 21.4 Å². The molecule has 0 amide bonds. The SMILES string of the molecule is O=C1C=C2S[C@H]3C[C@@]24CC1[N+]1=c2c4c(c(O)c4c2=C(C=N4)CC1)N3. The maximum Gasteiger partial charge on any atom is 0.223 e. The summed E-state index contributed by atoms with van der Waals surface area (Å²) in [5.41, 5.74) is 3.89. The third kappa shape index (κ3) is 1.06. The number of carbonyl (C=O) groups excluding carboxylic acids is 1. The van der Waals surface area contributed by atoms with Crippen LogP contribution in [0.4, 0.5) is 11.4 Å². The maximum atomic E-state index is 12.8. The number of fused-ring (bicyclic) bond motifs is 3. The number of hydrogen-bond acceptors (Lipinski definition) is 5. The Bertz CT molecular complexity index is 1120. The van der Waals surface area contributed by atoms with Crippen molar-refractivity contribution < 1.29 is 9.90 Å². The summed E-state index contributed by atoms with van der Waals surface area (Å²) in [7, 11) is 0. The van der Waals surface area contributed by atoms with Crippen LogP contribution >= 0.6 is 11.8 Å². The fourth-order valence-corrected chi connectivity index (χ4v) is 7.19. The maximum absolute atomic E-state index is 12.8. The zero-order chi connectivity index (χ0) is 15.8. The highest BCUT2D eigenvalue weighted by Crippen LogP contribution is 2.62. The number of nitrogens with one attached hydrogen (secondary N) is 1. The Morgan fingerprint density at radius 3 is 3.25 bits per heavy atom. The van der Waals surface area contributed by atoms with Crippen LogP contribution < -0.4 is 20.5 Å². The number of anilines is 1. The number of ketones is 1. The standard InChI is InChI=1S/C18H13N3O2S/c22-9-3-10-18-4-8(9)21-2-1-7-6-19-14-12(7)16(21)13(18)15(17(14)23)20-11(5-18)24-10/h3,6,8,11H,1-2,4-5H2,(H,19,20,23)/p+1/t8?,11-,18-/m0/s1. The molecule has 5 heterocycles. The lowest BCUT2D eigenvalue weighted by atomic mass is 9.64. The molecule has 1 aliphatic carbocycles. The van der Waals surface area contributed by atoms with Crippen LogP contribution in [0.3, 0.4) is 0 Å². The first-order valence-electron chi connectivity index (χ1n) is 8.47. The summed E-state index contributed by atoms with van der Waals surface area (Å²) in [5, 5.41) is 16.9. The van der Waals surface area contributed by atoms with Gasteiger partial charge in [-0.15, -0.1) is 11.8 Å². The van der Waals surface area contributed by atoms with Gasteiger partial charge in [0.2, 0.25) is 17.2 Å². The molecule has 1 aromatic carbocycles. The van der Waals surface area contributed by atoms with E-state index in [0.717, 1.165) is 36.7 Å². The minimum absolute atomic E-state index is 0.0534.